The van der Waals surface area contributed by atoms with Crippen molar-refractivity contribution in [1.29, 1.82) is 0 Å². The molecule has 0 bridgehead atoms. The topological polar surface area (TPSA) is 44.5 Å². The first-order valence-electron chi connectivity index (χ1n) is 6.93. The van der Waals surface area contributed by atoms with E-state index in [1.807, 2.05) is 56.3 Å². The van der Waals surface area contributed by atoms with Crippen LogP contribution in [0.2, 0.25) is 0 Å². The molecule has 2 aromatic rings. The van der Waals surface area contributed by atoms with Gasteiger partial charge in [-0.2, -0.15) is 0 Å². The third-order valence-corrected chi connectivity index (χ3v) is 3.61. The lowest BCUT2D eigenvalue weighted by molar-refractivity contribution is 0.215. The zero-order valence-electron chi connectivity index (χ0n) is 12.3. The second-order valence-corrected chi connectivity index (χ2v) is 5.90. The molecule has 21 heavy (non-hydrogen) atoms. The number of ether oxygens (including phenoxy) is 2. The zero-order chi connectivity index (χ0) is 15.2. The molecule has 1 atom stereocenters. The predicted molar refractivity (Wildman–Crippen MR) is 88.9 cm³/mol. The molecule has 3 nitrogen and oxygen atoms in total. The van der Waals surface area contributed by atoms with Gasteiger partial charge in [-0.3, -0.25) is 0 Å². The molecule has 112 valence electrons. The van der Waals surface area contributed by atoms with E-state index in [1.165, 1.54) is 0 Å². The van der Waals surface area contributed by atoms with Crippen LogP contribution in [-0.2, 0) is 0 Å². The molecule has 0 aliphatic rings. The molecular formula is C17H20BrNO2. The van der Waals surface area contributed by atoms with Crippen molar-refractivity contribution in [3.8, 4) is 11.5 Å². The Bertz CT molecular complexity index is 582. The molecular weight excluding hydrogens is 330 g/mol. The Kier molecular flexibility index (Phi) is 5.65. The molecule has 0 radical (unpaired) electrons. The standard InChI is InChI=1S/C17H20BrNO2/c1-12-3-8-16(13(2)19)17(11-12)21-10-9-20-15-6-4-14(18)5-7-15/h3-8,11,13H,9-10,19H2,1-2H3/t13-/m1/s1. The van der Waals surface area contributed by atoms with Crippen LogP contribution in [0.4, 0.5) is 0 Å². The van der Waals surface area contributed by atoms with Crippen molar-refractivity contribution in [2.24, 2.45) is 5.73 Å². The van der Waals surface area contributed by atoms with Gasteiger partial charge in [-0.1, -0.05) is 28.1 Å². The lowest BCUT2D eigenvalue weighted by Gasteiger charge is -2.15. The third kappa shape index (κ3) is 4.76. The van der Waals surface area contributed by atoms with Crippen LogP contribution in [0.5, 0.6) is 11.5 Å². The maximum atomic E-state index is 5.96. The molecule has 2 aromatic carbocycles. The lowest BCUT2D eigenvalue weighted by atomic mass is 10.1. The lowest BCUT2D eigenvalue weighted by Crippen LogP contribution is -2.12. The van der Waals surface area contributed by atoms with Crippen molar-refractivity contribution < 1.29 is 9.47 Å². The predicted octanol–water partition coefficient (Wildman–Crippen LogP) is 4.24. The Morgan fingerprint density at radius 2 is 1.71 bits per heavy atom. The van der Waals surface area contributed by atoms with Gasteiger partial charge in [0.15, 0.2) is 0 Å². The van der Waals surface area contributed by atoms with Crippen LogP contribution in [-0.4, -0.2) is 13.2 Å². The monoisotopic (exact) mass is 349 g/mol. The van der Waals surface area contributed by atoms with Crippen molar-refractivity contribution in [3.05, 3.63) is 58.1 Å². The first-order chi connectivity index (χ1) is 10.1. The number of aryl methyl sites for hydroxylation is 1. The van der Waals surface area contributed by atoms with Crippen LogP contribution in [0.1, 0.15) is 24.1 Å². The maximum Gasteiger partial charge on any atom is 0.124 e. The Morgan fingerprint density at radius 3 is 2.38 bits per heavy atom. The third-order valence-electron chi connectivity index (χ3n) is 3.08. The van der Waals surface area contributed by atoms with Crippen molar-refractivity contribution in [3.63, 3.8) is 0 Å². The van der Waals surface area contributed by atoms with Crippen LogP contribution < -0.4 is 15.2 Å². The summed E-state index contributed by atoms with van der Waals surface area (Å²) >= 11 is 3.39. The van der Waals surface area contributed by atoms with Gasteiger partial charge in [0.25, 0.3) is 0 Å². The first-order valence-corrected chi connectivity index (χ1v) is 7.73. The molecule has 0 unspecified atom stereocenters. The van der Waals surface area contributed by atoms with Crippen LogP contribution in [0.25, 0.3) is 0 Å². The molecule has 0 saturated heterocycles. The van der Waals surface area contributed by atoms with Gasteiger partial charge in [-0.05, 0) is 49.7 Å². The summed E-state index contributed by atoms with van der Waals surface area (Å²) in [5, 5.41) is 0. The number of rotatable bonds is 6. The van der Waals surface area contributed by atoms with Crippen molar-refractivity contribution in [1.82, 2.24) is 0 Å². The Hall–Kier alpha value is -1.52. The van der Waals surface area contributed by atoms with E-state index in [0.29, 0.717) is 13.2 Å². The number of benzene rings is 2. The summed E-state index contributed by atoms with van der Waals surface area (Å²) in [7, 11) is 0. The fourth-order valence-electron chi connectivity index (χ4n) is 1.98. The highest BCUT2D eigenvalue weighted by Gasteiger charge is 2.08. The Morgan fingerprint density at radius 1 is 1.05 bits per heavy atom. The second kappa shape index (κ2) is 7.48. The first kappa shape index (κ1) is 15.9. The Balaban J connectivity index is 1.88. The highest BCUT2D eigenvalue weighted by Crippen LogP contribution is 2.25. The normalized spacial score (nSPS) is 12.0. The van der Waals surface area contributed by atoms with E-state index in [9.17, 15) is 0 Å². The minimum absolute atomic E-state index is 0.0482. The maximum absolute atomic E-state index is 5.96. The van der Waals surface area contributed by atoms with Crippen molar-refractivity contribution in [2.75, 3.05) is 13.2 Å². The van der Waals surface area contributed by atoms with E-state index in [0.717, 1.165) is 27.1 Å². The zero-order valence-corrected chi connectivity index (χ0v) is 13.9. The summed E-state index contributed by atoms with van der Waals surface area (Å²) in [5.74, 6) is 1.67. The summed E-state index contributed by atoms with van der Waals surface area (Å²) in [6.45, 7) is 4.97. The van der Waals surface area contributed by atoms with Gasteiger partial charge in [0, 0.05) is 16.1 Å². The van der Waals surface area contributed by atoms with Gasteiger partial charge in [0.1, 0.15) is 24.7 Å². The molecule has 0 fully saturated rings. The van der Waals surface area contributed by atoms with Gasteiger partial charge >= 0.3 is 0 Å². The summed E-state index contributed by atoms with van der Waals surface area (Å²) < 4.78 is 12.5. The van der Waals surface area contributed by atoms with E-state index >= 15 is 0 Å². The quantitative estimate of drug-likeness (QED) is 0.793. The minimum Gasteiger partial charge on any atom is -0.490 e. The molecule has 2 N–H and O–H groups in total. The number of hydrogen-bond acceptors (Lipinski definition) is 3. The molecule has 0 spiro atoms. The van der Waals surface area contributed by atoms with Gasteiger partial charge in [0.05, 0.1) is 0 Å². The highest BCUT2D eigenvalue weighted by molar-refractivity contribution is 9.10. The SMILES string of the molecule is Cc1ccc([C@@H](C)N)c(OCCOc2ccc(Br)cc2)c1. The number of halogens is 1. The molecule has 0 amide bonds. The average molecular weight is 350 g/mol. The molecule has 2 rings (SSSR count). The molecule has 0 aromatic heterocycles. The summed E-state index contributed by atoms with van der Waals surface area (Å²) in [5.41, 5.74) is 8.13. The van der Waals surface area contributed by atoms with E-state index < -0.39 is 0 Å². The second-order valence-electron chi connectivity index (χ2n) is 4.98. The van der Waals surface area contributed by atoms with E-state index in [2.05, 4.69) is 15.9 Å². The Labute approximate surface area is 134 Å². The van der Waals surface area contributed by atoms with Crippen LogP contribution >= 0.6 is 15.9 Å². The van der Waals surface area contributed by atoms with E-state index in [-0.39, 0.29) is 6.04 Å². The largest absolute Gasteiger partial charge is 0.490 e. The highest BCUT2D eigenvalue weighted by atomic mass is 79.9. The van der Waals surface area contributed by atoms with Gasteiger partial charge < -0.3 is 15.2 Å². The minimum atomic E-state index is -0.0482. The van der Waals surface area contributed by atoms with E-state index in [4.69, 9.17) is 15.2 Å². The van der Waals surface area contributed by atoms with Crippen LogP contribution in [0.3, 0.4) is 0 Å². The molecule has 0 aliphatic carbocycles. The number of hydrogen-bond donors (Lipinski definition) is 1. The molecule has 0 saturated carbocycles. The van der Waals surface area contributed by atoms with Crippen molar-refractivity contribution in [2.45, 2.75) is 19.9 Å². The van der Waals surface area contributed by atoms with Crippen LogP contribution in [0, 0.1) is 6.92 Å². The van der Waals surface area contributed by atoms with Crippen LogP contribution in [0.15, 0.2) is 46.9 Å². The fraction of sp³-hybridized carbons (Fsp3) is 0.294. The smallest absolute Gasteiger partial charge is 0.124 e. The molecule has 0 heterocycles. The molecule has 0 aliphatic heterocycles. The summed E-state index contributed by atoms with van der Waals surface area (Å²) in [6, 6.07) is 13.8. The average Bonchev–Trinajstić information content (AvgIpc) is 2.45. The van der Waals surface area contributed by atoms with Crippen molar-refractivity contribution >= 4 is 15.9 Å². The number of nitrogens with two attached hydrogens (primary N) is 1. The summed E-state index contributed by atoms with van der Waals surface area (Å²) in [4.78, 5) is 0. The van der Waals surface area contributed by atoms with Gasteiger partial charge in [0.2, 0.25) is 0 Å². The fourth-order valence-corrected chi connectivity index (χ4v) is 2.25. The van der Waals surface area contributed by atoms with Gasteiger partial charge in [-0.15, -0.1) is 0 Å². The molecule has 4 heteroatoms. The van der Waals surface area contributed by atoms with Gasteiger partial charge in [-0.25, -0.2) is 0 Å². The summed E-state index contributed by atoms with van der Waals surface area (Å²) in [6.07, 6.45) is 0. The van der Waals surface area contributed by atoms with E-state index in [1.54, 1.807) is 0 Å².